The van der Waals surface area contributed by atoms with Crippen molar-refractivity contribution in [3.63, 3.8) is 0 Å². The molecule has 0 radical (unpaired) electrons. The number of fused-ring (bicyclic) bond motifs is 1. The van der Waals surface area contributed by atoms with E-state index in [-0.39, 0.29) is 5.91 Å². The summed E-state index contributed by atoms with van der Waals surface area (Å²) in [5.41, 5.74) is 2.10. The van der Waals surface area contributed by atoms with Crippen molar-refractivity contribution >= 4 is 22.9 Å². The monoisotopic (exact) mass is 272 g/mol. The van der Waals surface area contributed by atoms with Crippen LogP contribution in [0.5, 0.6) is 0 Å². The van der Waals surface area contributed by atoms with Gasteiger partial charge in [-0.15, -0.1) is 0 Å². The van der Waals surface area contributed by atoms with Crippen molar-refractivity contribution < 1.29 is 4.79 Å². The summed E-state index contributed by atoms with van der Waals surface area (Å²) in [6.45, 7) is 0.759. The van der Waals surface area contributed by atoms with Crippen LogP contribution in [0, 0.1) is 0 Å². The van der Waals surface area contributed by atoms with Gasteiger partial charge in [-0.1, -0.05) is 12.1 Å². The number of rotatable bonds is 6. The molecule has 1 aromatic heterocycles. The zero-order valence-corrected chi connectivity index (χ0v) is 11.7. The largest absolute Gasteiger partial charge is 0.356 e. The molecule has 106 valence electrons. The molecule has 1 aromatic carbocycles. The molecular formula is C15H20N4O. The highest BCUT2D eigenvalue weighted by molar-refractivity contribution is 5.78. The first-order valence-electron chi connectivity index (χ1n) is 7.19. The first-order chi connectivity index (χ1) is 9.74. The number of nitrogens with one attached hydrogen (secondary N) is 2. The number of carbonyl (C=O) groups excluding carboxylic acids is 1. The van der Waals surface area contributed by atoms with E-state index >= 15 is 0 Å². The minimum absolute atomic E-state index is 0.166. The van der Waals surface area contributed by atoms with Crippen LogP contribution in [0.1, 0.15) is 25.7 Å². The van der Waals surface area contributed by atoms with Crippen LogP contribution in [0.25, 0.3) is 11.0 Å². The number of amides is 1. The second kappa shape index (κ2) is 5.53. The number of para-hydroxylation sites is 2. The van der Waals surface area contributed by atoms with Gasteiger partial charge in [0.2, 0.25) is 11.9 Å². The highest BCUT2D eigenvalue weighted by atomic mass is 16.1. The van der Waals surface area contributed by atoms with Crippen molar-refractivity contribution in [2.75, 3.05) is 11.9 Å². The molecule has 1 aliphatic rings. The van der Waals surface area contributed by atoms with Crippen LogP contribution in [0.4, 0.5) is 5.95 Å². The lowest BCUT2D eigenvalue weighted by Crippen LogP contribution is -2.25. The quantitative estimate of drug-likeness (QED) is 0.791. The number of aryl methyl sites for hydroxylation is 1. The average Bonchev–Trinajstić information content (AvgIpc) is 3.20. The molecular weight excluding hydrogens is 252 g/mol. The summed E-state index contributed by atoms with van der Waals surface area (Å²) >= 11 is 0. The van der Waals surface area contributed by atoms with Gasteiger partial charge in [-0.2, -0.15) is 0 Å². The van der Waals surface area contributed by atoms with E-state index in [1.54, 1.807) is 0 Å². The Kier molecular flexibility index (Phi) is 3.58. The molecule has 0 atom stereocenters. The molecule has 2 N–H and O–H groups in total. The summed E-state index contributed by atoms with van der Waals surface area (Å²) in [5, 5.41) is 6.30. The first-order valence-corrected chi connectivity index (χ1v) is 7.19. The lowest BCUT2D eigenvalue weighted by Gasteiger charge is -2.06. The fourth-order valence-electron chi connectivity index (χ4n) is 2.28. The second-order valence-corrected chi connectivity index (χ2v) is 5.36. The van der Waals surface area contributed by atoms with Gasteiger partial charge in [0.1, 0.15) is 0 Å². The van der Waals surface area contributed by atoms with Gasteiger partial charge in [0, 0.05) is 26.1 Å². The molecule has 1 aliphatic carbocycles. The zero-order valence-electron chi connectivity index (χ0n) is 11.7. The third-order valence-electron chi connectivity index (χ3n) is 3.59. The highest BCUT2D eigenvalue weighted by Gasteiger charge is 2.22. The van der Waals surface area contributed by atoms with E-state index in [0.29, 0.717) is 12.5 Å². The van der Waals surface area contributed by atoms with E-state index in [9.17, 15) is 4.79 Å². The molecule has 0 saturated heterocycles. The highest BCUT2D eigenvalue weighted by Crippen LogP contribution is 2.19. The zero-order chi connectivity index (χ0) is 13.9. The van der Waals surface area contributed by atoms with Crippen LogP contribution >= 0.6 is 0 Å². The maximum atomic E-state index is 11.6. The van der Waals surface area contributed by atoms with E-state index in [2.05, 4.69) is 21.7 Å². The predicted octanol–water partition coefficient (Wildman–Crippen LogP) is 2.04. The van der Waals surface area contributed by atoms with E-state index < -0.39 is 0 Å². The smallest absolute Gasteiger partial charge is 0.220 e. The number of benzene rings is 1. The molecule has 0 spiro atoms. The maximum Gasteiger partial charge on any atom is 0.220 e. The SMILES string of the molecule is Cn1c(NCCCC(=O)NC2CC2)nc2ccccc21. The Morgan fingerprint density at radius 1 is 1.40 bits per heavy atom. The number of anilines is 1. The van der Waals surface area contributed by atoms with Crippen molar-refractivity contribution in [3.8, 4) is 0 Å². The molecule has 1 heterocycles. The summed E-state index contributed by atoms with van der Waals surface area (Å²) in [6, 6.07) is 8.51. The summed E-state index contributed by atoms with van der Waals surface area (Å²) in [5.74, 6) is 1.02. The maximum absolute atomic E-state index is 11.6. The second-order valence-electron chi connectivity index (χ2n) is 5.36. The van der Waals surface area contributed by atoms with Crippen molar-refractivity contribution in [2.24, 2.45) is 7.05 Å². The number of hydrogen-bond donors (Lipinski definition) is 2. The van der Waals surface area contributed by atoms with Crippen LogP contribution < -0.4 is 10.6 Å². The first kappa shape index (κ1) is 13.0. The van der Waals surface area contributed by atoms with Crippen LogP contribution in [0.15, 0.2) is 24.3 Å². The molecule has 20 heavy (non-hydrogen) atoms. The van der Waals surface area contributed by atoms with E-state index in [1.807, 2.05) is 29.8 Å². The van der Waals surface area contributed by atoms with Crippen molar-refractivity contribution in [3.05, 3.63) is 24.3 Å². The van der Waals surface area contributed by atoms with Gasteiger partial charge < -0.3 is 15.2 Å². The van der Waals surface area contributed by atoms with Crippen LogP contribution in [-0.4, -0.2) is 28.0 Å². The van der Waals surface area contributed by atoms with Crippen LogP contribution in [-0.2, 0) is 11.8 Å². The van der Waals surface area contributed by atoms with E-state index in [0.717, 1.165) is 42.8 Å². The number of imidazole rings is 1. The molecule has 0 aliphatic heterocycles. The van der Waals surface area contributed by atoms with Gasteiger partial charge in [-0.25, -0.2) is 4.98 Å². The van der Waals surface area contributed by atoms with Gasteiger partial charge in [0.05, 0.1) is 11.0 Å². The average molecular weight is 272 g/mol. The minimum Gasteiger partial charge on any atom is -0.356 e. The number of hydrogen-bond acceptors (Lipinski definition) is 3. The molecule has 2 aromatic rings. The normalized spacial score (nSPS) is 14.4. The van der Waals surface area contributed by atoms with Gasteiger partial charge in [-0.3, -0.25) is 4.79 Å². The molecule has 3 rings (SSSR count). The fourth-order valence-corrected chi connectivity index (χ4v) is 2.28. The topological polar surface area (TPSA) is 59.0 Å². The minimum atomic E-state index is 0.166. The summed E-state index contributed by atoms with van der Waals surface area (Å²) in [4.78, 5) is 16.1. The molecule has 5 heteroatoms. The third-order valence-corrected chi connectivity index (χ3v) is 3.59. The Morgan fingerprint density at radius 2 is 2.20 bits per heavy atom. The number of aromatic nitrogens is 2. The van der Waals surface area contributed by atoms with Crippen LogP contribution in [0.3, 0.4) is 0 Å². The van der Waals surface area contributed by atoms with Crippen molar-refractivity contribution in [1.82, 2.24) is 14.9 Å². The molecule has 5 nitrogen and oxygen atoms in total. The summed E-state index contributed by atoms with van der Waals surface area (Å²) in [7, 11) is 2.00. The number of carbonyl (C=O) groups is 1. The Bertz CT molecular complexity index is 615. The lowest BCUT2D eigenvalue weighted by atomic mass is 10.3. The Hall–Kier alpha value is -2.04. The summed E-state index contributed by atoms with van der Waals surface area (Å²) in [6.07, 6.45) is 3.68. The lowest BCUT2D eigenvalue weighted by molar-refractivity contribution is -0.121. The van der Waals surface area contributed by atoms with Gasteiger partial charge in [0.25, 0.3) is 0 Å². The van der Waals surface area contributed by atoms with Gasteiger partial charge in [-0.05, 0) is 31.4 Å². The van der Waals surface area contributed by atoms with Crippen molar-refractivity contribution in [2.45, 2.75) is 31.7 Å². The molecule has 1 fully saturated rings. The standard InChI is InChI=1S/C15H20N4O/c1-19-13-6-3-2-5-12(13)18-15(19)16-10-4-7-14(20)17-11-8-9-11/h2-3,5-6,11H,4,7-10H2,1H3,(H,16,18)(H,17,20). The van der Waals surface area contributed by atoms with E-state index in [4.69, 9.17) is 0 Å². The molecule has 0 bridgehead atoms. The fraction of sp³-hybridized carbons (Fsp3) is 0.467. The predicted molar refractivity (Wildman–Crippen MR) is 79.6 cm³/mol. The van der Waals surface area contributed by atoms with E-state index in [1.165, 1.54) is 0 Å². The Morgan fingerprint density at radius 3 is 2.95 bits per heavy atom. The molecule has 1 saturated carbocycles. The van der Waals surface area contributed by atoms with Crippen LogP contribution in [0.2, 0.25) is 0 Å². The Labute approximate surface area is 118 Å². The molecule has 1 amide bonds. The molecule has 0 unspecified atom stereocenters. The third kappa shape index (κ3) is 2.92. The number of nitrogens with zero attached hydrogens (tertiary/aromatic N) is 2. The Balaban J connectivity index is 1.49. The van der Waals surface area contributed by atoms with Crippen molar-refractivity contribution in [1.29, 1.82) is 0 Å². The van der Waals surface area contributed by atoms with Gasteiger partial charge in [0.15, 0.2) is 0 Å². The summed E-state index contributed by atoms with van der Waals surface area (Å²) < 4.78 is 2.04. The van der Waals surface area contributed by atoms with Gasteiger partial charge >= 0.3 is 0 Å².